The second kappa shape index (κ2) is 10.8. The van der Waals surface area contributed by atoms with E-state index >= 15 is 0 Å². The Labute approximate surface area is 154 Å². The summed E-state index contributed by atoms with van der Waals surface area (Å²) < 4.78 is 0. The molecule has 0 bridgehead atoms. The van der Waals surface area contributed by atoms with E-state index in [4.69, 9.17) is 0 Å². The number of nitrogens with one attached hydrogen (secondary N) is 3. The van der Waals surface area contributed by atoms with Crippen LogP contribution < -0.4 is 20.9 Å². The van der Waals surface area contributed by atoms with Crippen LogP contribution in [0.15, 0.2) is 60.7 Å². The van der Waals surface area contributed by atoms with Crippen LogP contribution in [0.2, 0.25) is 0 Å². The first-order valence-corrected chi connectivity index (χ1v) is 8.73. The zero-order valence-corrected chi connectivity index (χ0v) is 15.1. The molecule has 0 aliphatic carbocycles. The number of rotatable bonds is 9. The van der Waals surface area contributed by atoms with Crippen molar-refractivity contribution in [3.05, 3.63) is 66.2 Å². The summed E-state index contributed by atoms with van der Waals surface area (Å²) in [6, 6.07) is 19.4. The van der Waals surface area contributed by atoms with Gasteiger partial charge in [-0.1, -0.05) is 48.5 Å². The largest absolute Gasteiger partial charge is 0.375 e. The van der Waals surface area contributed by atoms with Crippen molar-refractivity contribution >= 4 is 17.6 Å². The third-order valence-electron chi connectivity index (χ3n) is 3.89. The number of amides is 3. The molecule has 2 rings (SSSR count). The van der Waals surface area contributed by atoms with E-state index in [1.807, 2.05) is 55.6 Å². The van der Waals surface area contributed by atoms with E-state index in [-0.39, 0.29) is 18.5 Å². The summed E-state index contributed by atoms with van der Waals surface area (Å²) in [5, 5.41) is 8.08. The number of nitrogens with zero attached hydrogens (tertiary/aromatic N) is 1. The Morgan fingerprint density at radius 1 is 0.885 bits per heavy atom. The summed E-state index contributed by atoms with van der Waals surface area (Å²) in [6.45, 7) is 1.81. The van der Waals surface area contributed by atoms with E-state index in [1.165, 1.54) is 0 Å². The van der Waals surface area contributed by atoms with Gasteiger partial charge in [0.2, 0.25) is 5.91 Å². The Morgan fingerprint density at radius 3 is 2.23 bits per heavy atom. The summed E-state index contributed by atoms with van der Waals surface area (Å²) in [5.41, 5.74) is 2.16. The smallest absolute Gasteiger partial charge is 0.315 e. The van der Waals surface area contributed by atoms with Crippen molar-refractivity contribution in [3.8, 4) is 0 Å². The molecule has 0 unspecified atom stereocenters. The first-order valence-electron chi connectivity index (χ1n) is 8.73. The lowest BCUT2D eigenvalue weighted by Gasteiger charge is -2.19. The zero-order chi connectivity index (χ0) is 18.6. The van der Waals surface area contributed by atoms with Crippen molar-refractivity contribution in [1.82, 2.24) is 16.0 Å². The van der Waals surface area contributed by atoms with Gasteiger partial charge in [-0.05, 0) is 24.1 Å². The summed E-state index contributed by atoms with van der Waals surface area (Å²) >= 11 is 0. The maximum Gasteiger partial charge on any atom is 0.315 e. The van der Waals surface area contributed by atoms with E-state index in [9.17, 15) is 9.59 Å². The highest BCUT2D eigenvalue weighted by Gasteiger charge is 2.05. The maximum absolute atomic E-state index is 11.8. The number of hydrogen-bond acceptors (Lipinski definition) is 3. The van der Waals surface area contributed by atoms with Gasteiger partial charge in [-0.25, -0.2) is 4.79 Å². The quantitative estimate of drug-likeness (QED) is 0.604. The van der Waals surface area contributed by atoms with Gasteiger partial charge in [-0.3, -0.25) is 4.79 Å². The van der Waals surface area contributed by atoms with Crippen molar-refractivity contribution in [1.29, 1.82) is 0 Å². The SMILES string of the molecule is CN(CCCNC(=O)CNC(=O)NCc1ccccc1)c1ccccc1. The molecule has 26 heavy (non-hydrogen) atoms. The Kier molecular flexibility index (Phi) is 7.99. The Morgan fingerprint density at radius 2 is 1.54 bits per heavy atom. The second-order valence-electron chi connectivity index (χ2n) is 5.98. The fourth-order valence-electron chi connectivity index (χ4n) is 2.42. The number of hydrogen-bond donors (Lipinski definition) is 3. The highest BCUT2D eigenvalue weighted by Crippen LogP contribution is 2.10. The number of para-hydroxylation sites is 1. The molecule has 0 atom stereocenters. The van der Waals surface area contributed by atoms with Crippen LogP contribution in [0.5, 0.6) is 0 Å². The number of carbonyl (C=O) groups excluding carboxylic acids is 2. The summed E-state index contributed by atoms with van der Waals surface area (Å²) in [6.07, 6.45) is 0.831. The van der Waals surface area contributed by atoms with Gasteiger partial charge in [0.25, 0.3) is 0 Å². The molecule has 0 aliphatic heterocycles. The molecule has 3 N–H and O–H groups in total. The second-order valence-corrected chi connectivity index (χ2v) is 5.98. The van der Waals surface area contributed by atoms with Crippen LogP contribution >= 0.6 is 0 Å². The Hall–Kier alpha value is -3.02. The van der Waals surface area contributed by atoms with Gasteiger partial charge in [0.15, 0.2) is 0 Å². The summed E-state index contributed by atoms with van der Waals surface area (Å²) in [7, 11) is 2.02. The zero-order valence-electron chi connectivity index (χ0n) is 15.1. The number of benzene rings is 2. The van der Waals surface area contributed by atoms with Gasteiger partial charge in [-0.2, -0.15) is 0 Å². The Balaban J connectivity index is 1.54. The molecular formula is C20H26N4O2. The van der Waals surface area contributed by atoms with Gasteiger partial charge in [0.1, 0.15) is 0 Å². The van der Waals surface area contributed by atoms with Crippen LogP contribution in [0.25, 0.3) is 0 Å². The van der Waals surface area contributed by atoms with Gasteiger partial charge in [-0.15, -0.1) is 0 Å². The molecule has 6 heteroatoms. The van der Waals surface area contributed by atoms with E-state index in [0.29, 0.717) is 13.1 Å². The molecule has 0 fully saturated rings. The number of urea groups is 1. The molecule has 138 valence electrons. The fourth-order valence-corrected chi connectivity index (χ4v) is 2.42. The van der Waals surface area contributed by atoms with E-state index in [1.54, 1.807) is 0 Å². The van der Waals surface area contributed by atoms with Crippen LogP contribution in [-0.2, 0) is 11.3 Å². The lowest BCUT2D eigenvalue weighted by atomic mass is 10.2. The molecule has 0 radical (unpaired) electrons. The van der Waals surface area contributed by atoms with E-state index < -0.39 is 0 Å². The lowest BCUT2D eigenvalue weighted by Crippen LogP contribution is -2.42. The monoisotopic (exact) mass is 354 g/mol. The molecule has 0 aliphatic rings. The van der Waals surface area contributed by atoms with Crippen molar-refractivity contribution < 1.29 is 9.59 Å². The van der Waals surface area contributed by atoms with Gasteiger partial charge in [0, 0.05) is 32.4 Å². The van der Waals surface area contributed by atoms with Gasteiger partial charge in [0.05, 0.1) is 6.54 Å². The summed E-state index contributed by atoms with van der Waals surface area (Å²) in [5.74, 6) is -0.192. The lowest BCUT2D eigenvalue weighted by molar-refractivity contribution is -0.120. The van der Waals surface area contributed by atoms with Gasteiger partial charge < -0.3 is 20.9 Å². The van der Waals surface area contributed by atoms with Crippen LogP contribution in [-0.4, -0.2) is 38.6 Å². The molecule has 2 aromatic rings. The average Bonchev–Trinajstić information content (AvgIpc) is 2.69. The predicted molar refractivity (Wildman–Crippen MR) is 104 cm³/mol. The molecular weight excluding hydrogens is 328 g/mol. The van der Waals surface area contributed by atoms with Crippen molar-refractivity contribution in [3.63, 3.8) is 0 Å². The minimum absolute atomic E-state index is 0.0326. The van der Waals surface area contributed by atoms with Crippen LogP contribution in [0.3, 0.4) is 0 Å². The van der Waals surface area contributed by atoms with E-state index in [2.05, 4.69) is 33.0 Å². The topological polar surface area (TPSA) is 73.5 Å². The first-order chi connectivity index (χ1) is 12.6. The molecule has 0 saturated heterocycles. The molecule has 6 nitrogen and oxygen atoms in total. The third kappa shape index (κ3) is 7.25. The van der Waals surface area contributed by atoms with Crippen molar-refractivity contribution in [2.75, 3.05) is 31.6 Å². The molecule has 2 aromatic carbocycles. The van der Waals surface area contributed by atoms with Crippen LogP contribution in [0.1, 0.15) is 12.0 Å². The normalized spacial score (nSPS) is 10.0. The maximum atomic E-state index is 11.8. The van der Waals surface area contributed by atoms with Crippen molar-refractivity contribution in [2.45, 2.75) is 13.0 Å². The highest BCUT2D eigenvalue weighted by atomic mass is 16.2. The fraction of sp³-hybridized carbons (Fsp3) is 0.300. The molecule has 0 saturated carbocycles. The molecule has 0 aromatic heterocycles. The Bertz CT molecular complexity index is 677. The minimum Gasteiger partial charge on any atom is -0.375 e. The number of anilines is 1. The third-order valence-corrected chi connectivity index (χ3v) is 3.89. The standard InChI is InChI=1S/C20H26N4O2/c1-24(18-11-6-3-7-12-18)14-8-13-21-19(25)16-23-20(26)22-15-17-9-4-2-5-10-17/h2-7,9-12H,8,13-16H2,1H3,(H,21,25)(H2,22,23,26). The minimum atomic E-state index is -0.354. The average molecular weight is 354 g/mol. The molecule has 0 spiro atoms. The molecule has 3 amide bonds. The van der Waals surface area contributed by atoms with Gasteiger partial charge >= 0.3 is 6.03 Å². The predicted octanol–water partition coefficient (Wildman–Crippen LogP) is 2.13. The van der Waals surface area contributed by atoms with E-state index in [0.717, 1.165) is 24.2 Å². The van der Waals surface area contributed by atoms with Crippen molar-refractivity contribution in [2.24, 2.45) is 0 Å². The van der Waals surface area contributed by atoms with Crippen LogP contribution in [0, 0.1) is 0 Å². The number of carbonyl (C=O) groups is 2. The molecule has 0 heterocycles. The first kappa shape index (κ1) is 19.3. The highest BCUT2D eigenvalue weighted by molar-refractivity contribution is 5.83. The van der Waals surface area contributed by atoms with Crippen LogP contribution in [0.4, 0.5) is 10.5 Å². The summed E-state index contributed by atoms with van der Waals surface area (Å²) in [4.78, 5) is 25.6.